The molecule has 2 aromatic rings. The van der Waals surface area contributed by atoms with Crippen LogP contribution >= 0.6 is 11.6 Å². The Balaban J connectivity index is 2.38. The molecule has 1 aromatic heterocycles. The van der Waals surface area contributed by atoms with Gasteiger partial charge in [-0.25, -0.2) is 0 Å². The third-order valence-corrected chi connectivity index (χ3v) is 3.29. The van der Waals surface area contributed by atoms with Crippen molar-refractivity contribution >= 4 is 11.6 Å². The van der Waals surface area contributed by atoms with Crippen LogP contribution in [-0.2, 0) is 0 Å². The zero-order valence-electron chi connectivity index (χ0n) is 11.8. The normalized spacial score (nSPS) is 12.2. The van der Waals surface area contributed by atoms with Gasteiger partial charge in [0.2, 0.25) is 0 Å². The molecule has 0 bridgehead atoms. The second-order valence-electron chi connectivity index (χ2n) is 4.37. The van der Waals surface area contributed by atoms with Gasteiger partial charge in [-0.3, -0.25) is 4.98 Å². The fourth-order valence-electron chi connectivity index (χ4n) is 2.14. The predicted molar refractivity (Wildman–Crippen MR) is 82.4 cm³/mol. The molecule has 0 aliphatic rings. The van der Waals surface area contributed by atoms with Gasteiger partial charge < -0.3 is 10.1 Å². The maximum Gasteiger partial charge on any atom is 0.119 e. The van der Waals surface area contributed by atoms with Crippen molar-refractivity contribution in [2.75, 3.05) is 13.2 Å². The second-order valence-corrected chi connectivity index (χ2v) is 4.77. The van der Waals surface area contributed by atoms with E-state index in [4.69, 9.17) is 16.3 Å². The van der Waals surface area contributed by atoms with Crippen LogP contribution in [0.25, 0.3) is 0 Å². The molecule has 1 heterocycles. The molecule has 4 heteroatoms. The van der Waals surface area contributed by atoms with Crippen LogP contribution in [0.2, 0.25) is 5.02 Å². The number of pyridine rings is 1. The minimum absolute atomic E-state index is 0.0332. The lowest BCUT2D eigenvalue weighted by atomic mass is 10.0. The van der Waals surface area contributed by atoms with Crippen LogP contribution in [0.1, 0.15) is 31.1 Å². The summed E-state index contributed by atoms with van der Waals surface area (Å²) in [6.45, 7) is 5.52. The van der Waals surface area contributed by atoms with Gasteiger partial charge in [-0.2, -0.15) is 0 Å². The van der Waals surface area contributed by atoms with E-state index >= 15 is 0 Å². The van der Waals surface area contributed by atoms with Gasteiger partial charge in [-0.1, -0.05) is 30.7 Å². The number of benzene rings is 1. The van der Waals surface area contributed by atoms with Crippen molar-refractivity contribution in [3.63, 3.8) is 0 Å². The van der Waals surface area contributed by atoms with Crippen LogP contribution in [0.4, 0.5) is 0 Å². The molecule has 20 heavy (non-hydrogen) atoms. The lowest BCUT2D eigenvalue weighted by Gasteiger charge is -2.19. The molecule has 106 valence electrons. The molecule has 1 atom stereocenters. The van der Waals surface area contributed by atoms with Crippen LogP contribution in [0.3, 0.4) is 0 Å². The summed E-state index contributed by atoms with van der Waals surface area (Å²) < 4.78 is 5.56. The summed E-state index contributed by atoms with van der Waals surface area (Å²) in [5.74, 6) is 0.861. The van der Waals surface area contributed by atoms with Crippen LogP contribution in [-0.4, -0.2) is 18.1 Å². The highest BCUT2D eigenvalue weighted by Crippen LogP contribution is 2.28. The first-order chi connectivity index (χ1) is 9.76. The summed E-state index contributed by atoms with van der Waals surface area (Å²) in [7, 11) is 0. The van der Waals surface area contributed by atoms with Crippen LogP contribution in [0.5, 0.6) is 5.75 Å². The number of ether oxygens (including phenoxy) is 1. The minimum atomic E-state index is -0.0332. The molecule has 1 unspecified atom stereocenters. The predicted octanol–water partition coefficient (Wildman–Crippen LogP) is 3.83. The summed E-state index contributed by atoms with van der Waals surface area (Å²) in [5.41, 5.74) is 1.93. The van der Waals surface area contributed by atoms with E-state index in [9.17, 15) is 0 Å². The number of aromatic nitrogens is 1. The molecule has 1 aromatic carbocycles. The smallest absolute Gasteiger partial charge is 0.119 e. The highest BCUT2D eigenvalue weighted by molar-refractivity contribution is 6.31. The Morgan fingerprint density at radius 3 is 2.80 bits per heavy atom. The average Bonchev–Trinajstić information content (AvgIpc) is 2.46. The molecule has 0 amide bonds. The average molecular weight is 291 g/mol. The van der Waals surface area contributed by atoms with E-state index in [1.807, 2.05) is 37.3 Å². The van der Waals surface area contributed by atoms with E-state index in [-0.39, 0.29) is 6.04 Å². The Labute approximate surface area is 124 Å². The number of nitrogens with zero attached hydrogens (tertiary/aromatic N) is 1. The Bertz CT molecular complexity index is 560. The van der Waals surface area contributed by atoms with Crippen molar-refractivity contribution in [1.82, 2.24) is 10.3 Å². The summed E-state index contributed by atoms with van der Waals surface area (Å²) >= 11 is 6.27. The van der Waals surface area contributed by atoms with Crippen molar-refractivity contribution < 1.29 is 4.74 Å². The van der Waals surface area contributed by atoms with E-state index < -0.39 is 0 Å². The molecular formula is C16H19ClN2O. The van der Waals surface area contributed by atoms with Gasteiger partial charge >= 0.3 is 0 Å². The van der Waals surface area contributed by atoms with Gasteiger partial charge in [0.05, 0.1) is 23.4 Å². The van der Waals surface area contributed by atoms with E-state index in [1.165, 1.54) is 0 Å². The Morgan fingerprint density at radius 2 is 2.10 bits per heavy atom. The first kappa shape index (κ1) is 14.8. The van der Waals surface area contributed by atoms with Crippen molar-refractivity contribution in [1.29, 1.82) is 0 Å². The van der Waals surface area contributed by atoms with Crippen LogP contribution in [0.15, 0.2) is 42.6 Å². The number of nitrogens with one attached hydrogen (secondary N) is 1. The molecule has 2 rings (SSSR count). The SMILES string of the molecule is CCNC(c1cccc(OCC)c1)c1ncccc1Cl. The molecule has 0 saturated carbocycles. The van der Waals surface area contributed by atoms with E-state index in [0.29, 0.717) is 11.6 Å². The highest BCUT2D eigenvalue weighted by atomic mass is 35.5. The fraction of sp³-hybridized carbons (Fsp3) is 0.312. The van der Waals surface area contributed by atoms with Gasteiger partial charge in [0, 0.05) is 6.20 Å². The van der Waals surface area contributed by atoms with Gasteiger partial charge in [-0.05, 0) is 43.3 Å². The molecule has 0 fully saturated rings. The second kappa shape index (κ2) is 7.27. The van der Waals surface area contributed by atoms with E-state index in [1.54, 1.807) is 6.20 Å². The van der Waals surface area contributed by atoms with Gasteiger partial charge in [0.1, 0.15) is 5.75 Å². The van der Waals surface area contributed by atoms with E-state index in [2.05, 4.69) is 23.3 Å². The quantitative estimate of drug-likeness (QED) is 0.878. The first-order valence-electron chi connectivity index (χ1n) is 6.82. The van der Waals surface area contributed by atoms with Crippen LogP contribution < -0.4 is 10.1 Å². The molecule has 0 spiro atoms. The summed E-state index contributed by atoms with van der Waals surface area (Å²) in [5, 5.41) is 4.09. The number of hydrogen-bond acceptors (Lipinski definition) is 3. The molecule has 0 aliphatic carbocycles. The standard InChI is InChI=1S/C16H19ClN2O/c1-3-18-15(16-14(17)9-6-10-19-16)12-7-5-8-13(11-12)20-4-2/h5-11,15,18H,3-4H2,1-2H3. The number of hydrogen-bond donors (Lipinski definition) is 1. The third-order valence-electron chi connectivity index (χ3n) is 2.97. The lowest BCUT2D eigenvalue weighted by Crippen LogP contribution is -2.23. The topological polar surface area (TPSA) is 34.1 Å². The summed E-state index contributed by atoms with van der Waals surface area (Å²) in [6, 6.07) is 11.7. The highest BCUT2D eigenvalue weighted by Gasteiger charge is 2.17. The van der Waals surface area contributed by atoms with E-state index in [0.717, 1.165) is 23.6 Å². The monoisotopic (exact) mass is 290 g/mol. The minimum Gasteiger partial charge on any atom is -0.494 e. The van der Waals surface area contributed by atoms with Crippen LogP contribution in [0, 0.1) is 0 Å². The van der Waals surface area contributed by atoms with Crippen molar-refractivity contribution in [2.24, 2.45) is 0 Å². The summed E-state index contributed by atoms with van der Waals surface area (Å²) in [6.07, 6.45) is 1.76. The molecular weight excluding hydrogens is 272 g/mol. The fourth-order valence-corrected chi connectivity index (χ4v) is 2.37. The number of rotatable bonds is 6. The van der Waals surface area contributed by atoms with Crippen molar-refractivity contribution in [3.05, 3.63) is 58.9 Å². The Hall–Kier alpha value is -1.58. The Morgan fingerprint density at radius 1 is 1.25 bits per heavy atom. The maximum atomic E-state index is 6.27. The zero-order chi connectivity index (χ0) is 14.4. The number of halogens is 1. The maximum absolute atomic E-state index is 6.27. The molecule has 0 radical (unpaired) electrons. The molecule has 0 aliphatic heterocycles. The Kier molecular flexibility index (Phi) is 5.39. The third kappa shape index (κ3) is 3.50. The van der Waals surface area contributed by atoms with Gasteiger partial charge in [-0.15, -0.1) is 0 Å². The largest absolute Gasteiger partial charge is 0.494 e. The first-order valence-corrected chi connectivity index (χ1v) is 7.20. The molecule has 0 saturated heterocycles. The molecule has 3 nitrogen and oxygen atoms in total. The molecule has 1 N–H and O–H groups in total. The van der Waals surface area contributed by atoms with Crippen molar-refractivity contribution in [2.45, 2.75) is 19.9 Å². The summed E-state index contributed by atoms with van der Waals surface area (Å²) in [4.78, 5) is 4.41. The van der Waals surface area contributed by atoms with Gasteiger partial charge in [0.15, 0.2) is 0 Å². The lowest BCUT2D eigenvalue weighted by molar-refractivity contribution is 0.339. The zero-order valence-corrected chi connectivity index (χ0v) is 12.5. The van der Waals surface area contributed by atoms with Crippen molar-refractivity contribution in [3.8, 4) is 5.75 Å². The van der Waals surface area contributed by atoms with Gasteiger partial charge in [0.25, 0.3) is 0 Å².